The smallest absolute Gasteiger partial charge is 0.246 e. The van der Waals surface area contributed by atoms with Gasteiger partial charge < -0.3 is 11.1 Å². The number of anilines is 1. The summed E-state index contributed by atoms with van der Waals surface area (Å²) >= 11 is 7.58. The van der Waals surface area contributed by atoms with Gasteiger partial charge in [-0.05, 0) is 24.5 Å². The van der Waals surface area contributed by atoms with Crippen molar-refractivity contribution >= 4 is 46.4 Å². The third-order valence-electron chi connectivity index (χ3n) is 3.34. The van der Waals surface area contributed by atoms with Crippen LogP contribution in [0.25, 0.3) is 0 Å². The number of hydrogen-bond acceptors (Lipinski definition) is 4. The molecule has 1 heterocycles. The molecular formula is C14H15Cl2N3OS. The topological polar surface area (TPSA) is 68.0 Å². The number of aromatic nitrogens is 1. The van der Waals surface area contributed by atoms with E-state index in [-0.39, 0.29) is 18.3 Å². The first-order valence-electron chi connectivity index (χ1n) is 6.35. The summed E-state index contributed by atoms with van der Waals surface area (Å²) in [6.07, 6.45) is 3.97. The first kappa shape index (κ1) is 16.2. The van der Waals surface area contributed by atoms with E-state index in [1.807, 2.05) is 24.3 Å². The van der Waals surface area contributed by atoms with E-state index in [1.165, 1.54) is 11.3 Å². The summed E-state index contributed by atoms with van der Waals surface area (Å²) in [4.78, 5) is 17.1. The fourth-order valence-electron chi connectivity index (χ4n) is 1.86. The maximum atomic E-state index is 11.8. The lowest BCUT2D eigenvalue weighted by Crippen LogP contribution is -2.37. The molecule has 0 saturated heterocycles. The predicted molar refractivity (Wildman–Crippen MR) is 88.4 cm³/mol. The number of carbonyl (C=O) groups excluding carboxylic acids is 1. The summed E-state index contributed by atoms with van der Waals surface area (Å²) in [7, 11) is 0. The minimum Gasteiger partial charge on any atom is -0.317 e. The Morgan fingerprint density at radius 2 is 2.14 bits per heavy atom. The van der Waals surface area contributed by atoms with E-state index in [1.54, 1.807) is 6.20 Å². The van der Waals surface area contributed by atoms with Crippen LogP contribution in [0.1, 0.15) is 23.3 Å². The molecule has 1 saturated carbocycles. The molecule has 1 aromatic carbocycles. The van der Waals surface area contributed by atoms with Crippen molar-refractivity contribution in [3.63, 3.8) is 0 Å². The van der Waals surface area contributed by atoms with Gasteiger partial charge in [-0.3, -0.25) is 4.79 Å². The molecule has 0 spiro atoms. The van der Waals surface area contributed by atoms with Gasteiger partial charge in [-0.25, -0.2) is 4.98 Å². The SMILES string of the molecule is Cl.NC1(C(=O)Nc2ncc(Cc3ccccc3Cl)s2)CC1. The van der Waals surface area contributed by atoms with Crippen LogP contribution >= 0.6 is 35.3 Å². The maximum Gasteiger partial charge on any atom is 0.246 e. The van der Waals surface area contributed by atoms with Gasteiger partial charge in [-0.1, -0.05) is 29.8 Å². The molecule has 21 heavy (non-hydrogen) atoms. The van der Waals surface area contributed by atoms with Crippen LogP contribution in [0.2, 0.25) is 5.02 Å². The summed E-state index contributed by atoms with van der Waals surface area (Å²) in [5, 5.41) is 4.11. The number of nitrogens with one attached hydrogen (secondary N) is 1. The average Bonchev–Trinajstić information content (AvgIpc) is 3.03. The minimum absolute atomic E-state index is 0. The van der Waals surface area contributed by atoms with Crippen molar-refractivity contribution in [2.75, 3.05) is 5.32 Å². The standard InChI is InChI=1S/C14H14ClN3OS.ClH/c15-11-4-2-1-3-9(11)7-10-8-17-13(20-10)18-12(19)14(16)5-6-14;/h1-4,8H,5-7,16H2,(H,17,18,19);1H. The first-order chi connectivity index (χ1) is 9.57. The van der Waals surface area contributed by atoms with Crippen molar-refractivity contribution in [3.05, 3.63) is 45.9 Å². The molecule has 0 radical (unpaired) electrons. The van der Waals surface area contributed by atoms with Crippen molar-refractivity contribution < 1.29 is 4.79 Å². The molecule has 1 fully saturated rings. The zero-order valence-corrected chi connectivity index (χ0v) is 13.5. The van der Waals surface area contributed by atoms with E-state index in [0.29, 0.717) is 11.6 Å². The summed E-state index contributed by atoms with van der Waals surface area (Å²) < 4.78 is 0. The Hall–Kier alpha value is -1.14. The predicted octanol–water partition coefficient (Wildman–Crippen LogP) is 3.24. The van der Waals surface area contributed by atoms with Crippen LogP contribution < -0.4 is 11.1 Å². The number of nitrogens with two attached hydrogens (primary N) is 1. The summed E-state index contributed by atoms with van der Waals surface area (Å²) in [5.74, 6) is -0.142. The van der Waals surface area contributed by atoms with Gasteiger partial charge in [-0.15, -0.1) is 23.7 Å². The lowest BCUT2D eigenvalue weighted by molar-refractivity contribution is -0.118. The monoisotopic (exact) mass is 343 g/mol. The van der Waals surface area contributed by atoms with Crippen LogP contribution in [0.15, 0.2) is 30.5 Å². The average molecular weight is 344 g/mol. The second-order valence-electron chi connectivity index (χ2n) is 5.01. The van der Waals surface area contributed by atoms with Crippen LogP contribution in [0.4, 0.5) is 5.13 Å². The highest BCUT2D eigenvalue weighted by atomic mass is 35.5. The molecular weight excluding hydrogens is 329 g/mol. The number of thiazole rings is 1. The molecule has 7 heteroatoms. The molecule has 3 rings (SSSR count). The van der Waals surface area contributed by atoms with Gasteiger partial charge in [0.15, 0.2) is 5.13 Å². The molecule has 1 amide bonds. The molecule has 4 nitrogen and oxygen atoms in total. The number of hydrogen-bond donors (Lipinski definition) is 2. The highest BCUT2D eigenvalue weighted by molar-refractivity contribution is 7.15. The molecule has 1 aliphatic carbocycles. The Morgan fingerprint density at radius 1 is 1.43 bits per heavy atom. The van der Waals surface area contributed by atoms with Crippen LogP contribution in [-0.4, -0.2) is 16.4 Å². The second kappa shape index (κ2) is 6.32. The van der Waals surface area contributed by atoms with Crippen LogP contribution in [-0.2, 0) is 11.2 Å². The Balaban J connectivity index is 0.00000161. The Bertz CT molecular complexity index is 655. The van der Waals surface area contributed by atoms with Gasteiger partial charge >= 0.3 is 0 Å². The summed E-state index contributed by atoms with van der Waals surface area (Å²) in [6.45, 7) is 0. The van der Waals surface area contributed by atoms with Gasteiger partial charge in [-0.2, -0.15) is 0 Å². The number of nitrogens with zero attached hydrogens (tertiary/aromatic N) is 1. The molecule has 0 atom stereocenters. The van der Waals surface area contributed by atoms with E-state index in [4.69, 9.17) is 17.3 Å². The van der Waals surface area contributed by atoms with Crippen molar-refractivity contribution in [3.8, 4) is 0 Å². The highest BCUT2D eigenvalue weighted by Gasteiger charge is 2.46. The normalized spacial score (nSPS) is 15.1. The Morgan fingerprint density at radius 3 is 2.81 bits per heavy atom. The summed E-state index contributed by atoms with van der Waals surface area (Å²) in [6, 6.07) is 7.71. The van der Waals surface area contributed by atoms with Crippen LogP contribution in [0, 0.1) is 0 Å². The number of rotatable bonds is 4. The molecule has 1 aliphatic rings. The third kappa shape index (κ3) is 3.74. The quantitative estimate of drug-likeness (QED) is 0.895. The number of halogens is 2. The first-order valence-corrected chi connectivity index (χ1v) is 7.55. The van der Waals surface area contributed by atoms with Crippen LogP contribution in [0.5, 0.6) is 0 Å². The minimum atomic E-state index is -0.672. The third-order valence-corrected chi connectivity index (χ3v) is 4.62. The lowest BCUT2D eigenvalue weighted by Gasteiger charge is -2.06. The van der Waals surface area contributed by atoms with E-state index >= 15 is 0 Å². The molecule has 0 aliphatic heterocycles. The van der Waals surface area contributed by atoms with E-state index in [0.717, 1.165) is 28.3 Å². The number of benzene rings is 1. The fourth-order valence-corrected chi connectivity index (χ4v) is 2.89. The van der Waals surface area contributed by atoms with Crippen LogP contribution in [0.3, 0.4) is 0 Å². The summed E-state index contributed by atoms with van der Waals surface area (Å²) in [5.41, 5.74) is 6.21. The van der Waals surface area contributed by atoms with E-state index in [9.17, 15) is 4.79 Å². The fraction of sp³-hybridized carbons (Fsp3) is 0.286. The number of carbonyl (C=O) groups is 1. The van der Waals surface area contributed by atoms with E-state index in [2.05, 4.69) is 10.3 Å². The second-order valence-corrected chi connectivity index (χ2v) is 6.53. The molecule has 1 aromatic heterocycles. The highest BCUT2D eigenvalue weighted by Crippen LogP contribution is 2.34. The number of amides is 1. The van der Waals surface area contributed by atoms with Crippen molar-refractivity contribution in [1.82, 2.24) is 4.98 Å². The zero-order chi connectivity index (χ0) is 14.2. The van der Waals surface area contributed by atoms with E-state index < -0.39 is 5.54 Å². The van der Waals surface area contributed by atoms with Crippen molar-refractivity contribution in [1.29, 1.82) is 0 Å². The van der Waals surface area contributed by atoms with Gasteiger partial charge in [0.2, 0.25) is 5.91 Å². The lowest BCUT2D eigenvalue weighted by atomic mass is 10.1. The largest absolute Gasteiger partial charge is 0.317 e. The molecule has 0 unspecified atom stereocenters. The molecule has 2 aromatic rings. The van der Waals surface area contributed by atoms with Crippen molar-refractivity contribution in [2.45, 2.75) is 24.8 Å². The molecule has 0 bridgehead atoms. The molecule has 112 valence electrons. The zero-order valence-electron chi connectivity index (χ0n) is 11.1. The van der Waals surface area contributed by atoms with Crippen molar-refractivity contribution in [2.24, 2.45) is 5.73 Å². The Kier molecular flexibility index (Phi) is 4.88. The van der Waals surface area contributed by atoms with Gasteiger partial charge in [0.05, 0.1) is 5.54 Å². The Labute approximate surface area is 138 Å². The van der Waals surface area contributed by atoms with Gasteiger partial charge in [0.25, 0.3) is 0 Å². The van der Waals surface area contributed by atoms with Gasteiger partial charge in [0, 0.05) is 22.5 Å². The molecule has 3 N–H and O–H groups in total. The maximum absolute atomic E-state index is 11.8. The van der Waals surface area contributed by atoms with Gasteiger partial charge in [0.1, 0.15) is 0 Å².